The zero-order valence-electron chi connectivity index (χ0n) is 15.3. The summed E-state index contributed by atoms with van der Waals surface area (Å²) in [6.07, 6.45) is 1.43. The van der Waals surface area contributed by atoms with Crippen LogP contribution in [0.2, 0.25) is 0 Å². The number of anilines is 1. The molecule has 9 nitrogen and oxygen atoms in total. The molecule has 0 saturated carbocycles. The van der Waals surface area contributed by atoms with E-state index in [1.807, 2.05) is 20.8 Å². The number of hydrogen-bond donors (Lipinski definition) is 2. The van der Waals surface area contributed by atoms with E-state index < -0.39 is 0 Å². The van der Waals surface area contributed by atoms with Crippen LogP contribution in [0.1, 0.15) is 31.3 Å². The third-order valence-corrected chi connectivity index (χ3v) is 3.41. The van der Waals surface area contributed by atoms with Crippen molar-refractivity contribution in [2.75, 3.05) is 5.32 Å². The topological polar surface area (TPSA) is 115 Å². The number of furan rings is 1. The van der Waals surface area contributed by atoms with Gasteiger partial charge in [-0.1, -0.05) is 12.1 Å². The van der Waals surface area contributed by atoms with Crippen molar-refractivity contribution < 1.29 is 14.0 Å². The van der Waals surface area contributed by atoms with Gasteiger partial charge in [-0.2, -0.15) is 4.80 Å². The number of rotatable bonds is 5. The molecule has 2 aromatic heterocycles. The summed E-state index contributed by atoms with van der Waals surface area (Å²) in [5.41, 5.74) is 0.751. The Labute approximate surface area is 155 Å². The first kappa shape index (κ1) is 18.3. The maximum absolute atomic E-state index is 12.2. The van der Waals surface area contributed by atoms with Crippen LogP contribution in [0.25, 0.3) is 11.4 Å². The minimum atomic E-state index is -0.385. The molecule has 0 bridgehead atoms. The van der Waals surface area contributed by atoms with Crippen molar-refractivity contribution in [1.82, 2.24) is 25.5 Å². The molecule has 0 fully saturated rings. The molecule has 9 heteroatoms. The molecule has 140 valence electrons. The molecule has 3 rings (SSSR count). The second-order valence-corrected chi connectivity index (χ2v) is 6.92. The van der Waals surface area contributed by atoms with Gasteiger partial charge in [0.2, 0.25) is 11.7 Å². The third-order valence-electron chi connectivity index (χ3n) is 3.41. The predicted octanol–water partition coefficient (Wildman–Crippen LogP) is 2.10. The second-order valence-electron chi connectivity index (χ2n) is 6.92. The van der Waals surface area contributed by atoms with E-state index >= 15 is 0 Å². The molecule has 3 aromatic rings. The number of hydrogen-bond acceptors (Lipinski definition) is 6. The minimum Gasteiger partial charge on any atom is -0.459 e. The van der Waals surface area contributed by atoms with Crippen molar-refractivity contribution in [2.24, 2.45) is 0 Å². The third kappa shape index (κ3) is 4.78. The maximum atomic E-state index is 12.2. The van der Waals surface area contributed by atoms with Gasteiger partial charge in [0.15, 0.2) is 5.76 Å². The van der Waals surface area contributed by atoms with E-state index in [4.69, 9.17) is 4.42 Å². The van der Waals surface area contributed by atoms with Crippen molar-refractivity contribution in [3.63, 3.8) is 0 Å². The number of carbonyl (C=O) groups excluding carboxylic acids is 2. The second kappa shape index (κ2) is 7.40. The first-order chi connectivity index (χ1) is 12.8. The Bertz CT molecular complexity index is 940. The summed E-state index contributed by atoms with van der Waals surface area (Å²) >= 11 is 0. The highest BCUT2D eigenvalue weighted by Crippen LogP contribution is 2.24. The van der Waals surface area contributed by atoms with Crippen LogP contribution in [-0.2, 0) is 11.3 Å². The highest BCUT2D eigenvalue weighted by molar-refractivity contribution is 6.04. The fraction of sp³-hybridized carbons (Fsp3) is 0.278. The van der Waals surface area contributed by atoms with Gasteiger partial charge in [0, 0.05) is 11.1 Å². The van der Waals surface area contributed by atoms with Crippen LogP contribution in [0.15, 0.2) is 47.1 Å². The molecule has 2 N–H and O–H groups in total. The van der Waals surface area contributed by atoms with Gasteiger partial charge < -0.3 is 15.1 Å². The minimum absolute atomic E-state index is 0.0504. The summed E-state index contributed by atoms with van der Waals surface area (Å²) in [6, 6.07) is 10.3. The molecule has 1 aromatic carbocycles. The molecule has 0 aliphatic rings. The van der Waals surface area contributed by atoms with Gasteiger partial charge >= 0.3 is 0 Å². The van der Waals surface area contributed by atoms with Crippen LogP contribution >= 0.6 is 0 Å². The summed E-state index contributed by atoms with van der Waals surface area (Å²) in [5, 5.41) is 17.7. The number of aromatic nitrogens is 4. The monoisotopic (exact) mass is 368 g/mol. The van der Waals surface area contributed by atoms with Gasteiger partial charge in [-0.3, -0.25) is 9.59 Å². The zero-order valence-corrected chi connectivity index (χ0v) is 15.3. The molecule has 0 atom stereocenters. The number of tetrazole rings is 1. The van der Waals surface area contributed by atoms with E-state index in [-0.39, 0.29) is 29.7 Å². The Hall–Kier alpha value is -3.49. The van der Waals surface area contributed by atoms with Crippen molar-refractivity contribution in [3.8, 4) is 11.4 Å². The number of para-hydroxylation sites is 1. The Morgan fingerprint density at radius 1 is 1.15 bits per heavy atom. The number of amides is 2. The summed E-state index contributed by atoms with van der Waals surface area (Å²) in [4.78, 5) is 25.4. The van der Waals surface area contributed by atoms with Crippen LogP contribution in [-0.4, -0.2) is 37.6 Å². The van der Waals surface area contributed by atoms with Gasteiger partial charge in [0.1, 0.15) is 6.54 Å². The van der Waals surface area contributed by atoms with Gasteiger partial charge in [-0.25, -0.2) is 0 Å². The van der Waals surface area contributed by atoms with E-state index in [2.05, 4.69) is 26.0 Å². The molecule has 0 radical (unpaired) electrons. The van der Waals surface area contributed by atoms with Crippen LogP contribution in [0.5, 0.6) is 0 Å². The molecule has 2 amide bonds. The Morgan fingerprint density at radius 3 is 2.63 bits per heavy atom. The molecule has 2 heterocycles. The number of carbonyl (C=O) groups is 2. The lowest BCUT2D eigenvalue weighted by Crippen LogP contribution is -2.42. The van der Waals surface area contributed by atoms with Crippen LogP contribution in [0.4, 0.5) is 5.69 Å². The van der Waals surface area contributed by atoms with E-state index in [1.54, 1.807) is 36.4 Å². The summed E-state index contributed by atoms with van der Waals surface area (Å²) < 4.78 is 5.10. The van der Waals surface area contributed by atoms with Gasteiger partial charge in [-0.05, 0) is 50.3 Å². The normalized spacial score (nSPS) is 11.2. The lowest BCUT2D eigenvalue weighted by atomic mass is 10.1. The maximum Gasteiger partial charge on any atom is 0.291 e. The summed E-state index contributed by atoms with van der Waals surface area (Å²) in [5.74, 6) is -0.107. The highest BCUT2D eigenvalue weighted by Gasteiger charge is 2.17. The Balaban J connectivity index is 1.77. The average Bonchev–Trinajstić information content (AvgIpc) is 3.25. The first-order valence-electron chi connectivity index (χ1n) is 8.35. The van der Waals surface area contributed by atoms with Gasteiger partial charge in [0.05, 0.1) is 12.0 Å². The Kier molecular flexibility index (Phi) is 5.02. The van der Waals surface area contributed by atoms with E-state index in [0.29, 0.717) is 17.1 Å². The SMILES string of the molecule is CC(C)(C)NC(=O)Cn1nnc(-c2ccccc2NC(=O)c2ccco2)n1. The van der Waals surface area contributed by atoms with E-state index in [1.165, 1.54) is 11.1 Å². The fourth-order valence-electron chi connectivity index (χ4n) is 2.38. The van der Waals surface area contributed by atoms with E-state index in [9.17, 15) is 9.59 Å². The van der Waals surface area contributed by atoms with Crippen LogP contribution in [0, 0.1) is 0 Å². The van der Waals surface area contributed by atoms with Gasteiger partial charge in [-0.15, -0.1) is 10.2 Å². The zero-order chi connectivity index (χ0) is 19.4. The molecule has 0 saturated heterocycles. The molecule has 0 unspecified atom stereocenters. The molecule has 0 spiro atoms. The number of nitrogens with zero attached hydrogens (tertiary/aromatic N) is 4. The number of benzene rings is 1. The average molecular weight is 368 g/mol. The molecule has 0 aliphatic heterocycles. The predicted molar refractivity (Wildman–Crippen MR) is 97.8 cm³/mol. The van der Waals surface area contributed by atoms with Crippen molar-refractivity contribution in [3.05, 3.63) is 48.4 Å². The van der Waals surface area contributed by atoms with Crippen LogP contribution < -0.4 is 10.6 Å². The lowest BCUT2D eigenvalue weighted by molar-refractivity contribution is -0.123. The molecular weight excluding hydrogens is 348 g/mol. The van der Waals surface area contributed by atoms with Gasteiger partial charge in [0.25, 0.3) is 5.91 Å². The van der Waals surface area contributed by atoms with Crippen molar-refractivity contribution >= 4 is 17.5 Å². The van der Waals surface area contributed by atoms with Crippen molar-refractivity contribution in [2.45, 2.75) is 32.9 Å². The molecule has 0 aliphatic carbocycles. The Morgan fingerprint density at radius 2 is 1.93 bits per heavy atom. The van der Waals surface area contributed by atoms with Crippen molar-refractivity contribution in [1.29, 1.82) is 0 Å². The lowest BCUT2D eigenvalue weighted by Gasteiger charge is -2.19. The smallest absolute Gasteiger partial charge is 0.291 e. The standard InChI is InChI=1S/C18H20N6O3/c1-18(2,3)20-15(25)11-24-22-16(21-23-24)12-7-4-5-8-13(12)19-17(26)14-9-6-10-27-14/h4-10H,11H2,1-3H3,(H,19,26)(H,20,25). The molecular formula is C18H20N6O3. The highest BCUT2D eigenvalue weighted by atomic mass is 16.3. The molecule has 27 heavy (non-hydrogen) atoms. The first-order valence-corrected chi connectivity index (χ1v) is 8.35. The largest absolute Gasteiger partial charge is 0.459 e. The van der Waals surface area contributed by atoms with Crippen LogP contribution in [0.3, 0.4) is 0 Å². The quantitative estimate of drug-likeness (QED) is 0.713. The van der Waals surface area contributed by atoms with E-state index in [0.717, 1.165) is 0 Å². The fourth-order valence-corrected chi connectivity index (χ4v) is 2.38. The number of nitrogens with one attached hydrogen (secondary N) is 2. The summed E-state index contributed by atoms with van der Waals surface area (Å²) in [6.45, 7) is 5.63. The summed E-state index contributed by atoms with van der Waals surface area (Å²) in [7, 11) is 0.